The Kier molecular flexibility index (Phi) is 8.59. The minimum absolute atomic E-state index is 0.0674. The van der Waals surface area contributed by atoms with Crippen LogP contribution in [0.4, 0.5) is 24.8 Å². The van der Waals surface area contributed by atoms with Crippen molar-refractivity contribution >= 4 is 23.2 Å². The first-order valence-corrected chi connectivity index (χ1v) is 10.7. The molecule has 1 N–H and O–H groups in total. The van der Waals surface area contributed by atoms with Crippen LogP contribution in [-0.4, -0.2) is 29.6 Å². The summed E-state index contributed by atoms with van der Waals surface area (Å²) in [6.45, 7) is 1.51. The molecule has 0 radical (unpaired) electrons. The molecule has 0 saturated carbocycles. The standard InChI is InChI=1S/C23H23ClF3N3O3/c1-14-9-20(31-2)22(27)17(21(14)26)13-33-16-11-28-23(29-12-16)30-15-5-6-19(18(25)10-15)32-8-4-3-7-24/h5-6,9-12H,3-4,7-8,13H2,1-2H3,(H,28,29,30). The van der Waals surface area contributed by atoms with Gasteiger partial charge in [0.15, 0.2) is 28.9 Å². The third-order valence-electron chi connectivity index (χ3n) is 4.64. The van der Waals surface area contributed by atoms with Gasteiger partial charge < -0.3 is 19.5 Å². The molecule has 0 aliphatic rings. The smallest absolute Gasteiger partial charge is 0.227 e. The molecular weight excluding hydrogens is 459 g/mol. The Labute approximate surface area is 194 Å². The van der Waals surface area contributed by atoms with E-state index in [9.17, 15) is 13.2 Å². The van der Waals surface area contributed by atoms with Gasteiger partial charge in [0, 0.05) is 17.6 Å². The molecule has 1 aromatic heterocycles. The van der Waals surface area contributed by atoms with Crippen molar-refractivity contribution in [1.82, 2.24) is 9.97 Å². The molecule has 0 unspecified atom stereocenters. The number of hydrogen-bond acceptors (Lipinski definition) is 6. The van der Waals surface area contributed by atoms with Gasteiger partial charge in [0.2, 0.25) is 5.95 Å². The number of nitrogens with one attached hydrogen (secondary N) is 1. The lowest BCUT2D eigenvalue weighted by molar-refractivity contribution is 0.285. The second-order valence-electron chi connectivity index (χ2n) is 7.05. The normalized spacial score (nSPS) is 10.7. The third-order valence-corrected chi connectivity index (χ3v) is 4.91. The van der Waals surface area contributed by atoms with E-state index in [1.807, 2.05) is 0 Å². The van der Waals surface area contributed by atoms with Gasteiger partial charge in [-0.2, -0.15) is 0 Å². The van der Waals surface area contributed by atoms with Crippen molar-refractivity contribution in [3.63, 3.8) is 0 Å². The lowest BCUT2D eigenvalue weighted by Gasteiger charge is -2.12. The highest BCUT2D eigenvalue weighted by Crippen LogP contribution is 2.27. The maximum absolute atomic E-state index is 14.4. The fraction of sp³-hybridized carbons (Fsp3) is 0.304. The number of methoxy groups -OCH3 is 1. The number of unbranched alkanes of at least 4 members (excludes halogenated alkanes) is 1. The summed E-state index contributed by atoms with van der Waals surface area (Å²) in [5, 5.41) is 2.86. The molecule has 6 nitrogen and oxygen atoms in total. The predicted molar refractivity (Wildman–Crippen MR) is 119 cm³/mol. The number of aromatic nitrogens is 2. The van der Waals surface area contributed by atoms with E-state index in [4.69, 9.17) is 25.8 Å². The summed E-state index contributed by atoms with van der Waals surface area (Å²) < 4.78 is 58.6. The van der Waals surface area contributed by atoms with Crippen LogP contribution in [0.2, 0.25) is 0 Å². The Morgan fingerprint density at radius 3 is 2.39 bits per heavy atom. The first-order valence-electron chi connectivity index (χ1n) is 10.1. The van der Waals surface area contributed by atoms with Crippen LogP contribution < -0.4 is 19.5 Å². The maximum Gasteiger partial charge on any atom is 0.227 e. The summed E-state index contributed by atoms with van der Waals surface area (Å²) in [7, 11) is 1.30. The van der Waals surface area contributed by atoms with Crippen LogP contribution in [0.25, 0.3) is 0 Å². The van der Waals surface area contributed by atoms with E-state index in [1.54, 1.807) is 6.07 Å². The fourth-order valence-corrected chi connectivity index (χ4v) is 3.08. The molecule has 0 saturated heterocycles. The van der Waals surface area contributed by atoms with Crippen molar-refractivity contribution in [3.8, 4) is 17.2 Å². The van der Waals surface area contributed by atoms with E-state index in [2.05, 4.69) is 15.3 Å². The number of rotatable bonds is 11. The molecule has 3 aromatic rings. The zero-order chi connectivity index (χ0) is 23.8. The largest absolute Gasteiger partial charge is 0.494 e. The van der Waals surface area contributed by atoms with Gasteiger partial charge in [0.25, 0.3) is 0 Å². The molecule has 0 spiro atoms. The first kappa shape index (κ1) is 24.4. The highest BCUT2D eigenvalue weighted by Gasteiger charge is 2.18. The lowest BCUT2D eigenvalue weighted by Crippen LogP contribution is -2.06. The second kappa shape index (κ2) is 11.6. The second-order valence-corrected chi connectivity index (χ2v) is 7.43. The van der Waals surface area contributed by atoms with Gasteiger partial charge in [-0.1, -0.05) is 0 Å². The summed E-state index contributed by atoms with van der Waals surface area (Å²) in [6, 6.07) is 5.68. The predicted octanol–water partition coefficient (Wildman–Crippen LogP) is 5.93. The first-order chi connectivity index (χ1) is 15.9. The highest BCUT2D eigenvalue weighted by atomic mass is 35.5. The lowest BCUT2D eigenvalue weighted by atomic mass is 10.1. The van der Waals surface area contributed by atoms with Crippen LogP contribution in [-0.2, 0) is 6.61 Å². The Morgan fingerprint density at radius 1 is 0.970 bits per heavy atom. The van der Waals surface area contributed by atoms with E-state index in [0.29, 0.717) is 18.2 Å². The molecular formula is C23H23ClF3N3O3. The van der Waals surface area contributed by atoms with Crippen LogP contribution in [0, 0.1) is 24.4 Å². The number of hydrogen-bond donors (Lipinski definition) is 1. The number of nitrogens with zero attached hydrogens (tertiary/aromatic N) is 2. The van der Waals surface area contributed by atoms with Crippen LogP contribution in [0.3, 0.4) is 0 Å². The molecule has 3 rings (SSSR count). The Bertz CT molecular complexity index is 1080. The third kappa shape index (κ3) is 6.41. The summed E-state index contributed by atoms with van der Waals surface area (Å²) in [4.78, 5) is 8.16. The molecule has 0 aliphatic carbocycles. The van der Waals surface area contributed by atoms with E-state index in [0.717, 1.165) is 12.8 Å². The minimum Gasteiger partial charge on any atom is -0.494 e. The van der Waals surface area contributed by atoms with Gasteiger partial charge >= 0.3 is 0 Å². The maximum atomic E-state index is 14.4. The quantitative estimate of drug-likeness (QED) is 0.270. The number of aryl methyl sites for hydroxylation is 1. The van der Waals surface area contributed by atoms with Crippen molar-refractivity contribution in [2.45, 2.75) is 26.4 Å². The van der Waals surface area contributed by atoms with Crippen LogP contribution in [0.1, 0.15) is 24.0 Å². The topological polar surface area (TPSA) is 65.5 Å². The van der Waals surface area contributed by atoms with Gasteiger partial charge in [-0.15, -0.1) is 11.6 Å². The molecule has 2 aromatic carbocycles. The van der Waals surface area contributed by atoms with Crippen LogP contribution >= 0.6 is 11.6 Å². The van der Waals surface area contributed by atoms with Crippen molar-refractivity contribution in [2.24, 2.45) is 0 Å². The van der Waals surface area contributed by atoms with E-state index >= 15 is 0 Å². The molecule has 0 aliphatic heterocycles. The molecule has 0 fully saturated rings. The average Bonchev–Trinajstić information content (AvgIpc) is 2.81. The van der Waals surface area contributed by atoms with Gasteiger partial charge in [0.05, 0.1) is 31.7 Å². The molecule has 10 heteroatoms. The monoisotopic (exact) mass is 481 g/mol. The summed E-state index contributed by atoms with van der Waals surface area (Å²) in [6.07, 6.45) is 4.20. The van der Waals surface area contributed by atoms with Crippen molar-refractivity contribution < 1.29 is 27.4 Å². The Hall–Kier alpha value is -3.20. The Morgan fingerprint density at radius 2 is 1.73 bits per heavy atom. The molecule has 0 bridgehead atoms. The highest BCUT2D eigenvalue weighted by molar-refractivity contribution is 6.17. The zero-order valence-electron chi connectivity index (χ0n) is 18.1. The van der Waals surface area contributed by atoms with Gasteiger partial charge in [-0.3, -0.25) is 0 Å². The minimum atomic E-state index is -0.826. The van der Waals surface area contributed by atoms with Crippen molar-refractivity contribution in [3.05, 3.63) is 65.2 Å². The SMILES string of the molecule is COc1cc(C)c(F)c(COc2cnc(Nc3ccc(OCCCCCl)c(F)c3)nc2)c1F. The molecule has 0 amide bonds. The molecule has 176 valence electrons. The fourth-order valence-electron chi connectivity index (χ4n) is 2.90. The summed E-state index contributed by atoms with van der Waals surface area (Å²) in [5.74, 6) is -1.06. The van der Waals surface area contributed by atoms with E-state index in [-0.39, 0.29) is 40.9 Å². The van der Waals surface area contributed by atoms with E-state index in [1.165, 1.54) is 44.6 Å². The number of benzene rings is 2. The number of halogens is 4. The average molecular weight is 482 g/mol. The number of ether oxygens (including phenoxy) is 3. The molecule has 33 heavy (non-hydrogen) atoms. The molecule has 1 heterocycles. The van der Waals surface area contributed by atoms with Gasteiger partial charge in [-0.25, -0.2) is 23.1 Å². The number of alkyl halides is 1. The van der Waals surface area contributed by atoms with Gasteiger partial charge in [-0.05, 0) is 43.5 Å². The molecule has 0 atom stereocenters. The van der Waals surface area contributed by atoms with E-state index < -0.39 is 17.5 Å². The zero-order valence-corrected chi connectivity index (χ0v) is 18.9. The van der Waals surface area contributed by atoms with Crippen LogP contribution in [0.5, 0.6) is 17.2 Å². The van der Waals surface area contributed by atoms with Crippen molar-refractivity contribution in [1.29, 1.82) is 0 Å². The summed E-state index contributed by atoms with van der Waals surface area (Å²) >= 11 is 5.60. The van der Waals surface area contributed by atoms with Crippen LogP contribution in [0.15, 0.2) is 36.7 Å². The number of anilines is 2. The Balaban J connectivity index is 1.60. The summed E-state index contributed by atoms with van der Waals surface area (Å²) in [5.41, 5.74) is 0.404. The van der Waals surface area contributed by atoms with Crippen molar-refractivity contribution in [2.75, 3.05) is 24.9 Å². The van der Waals surface area contributed by atoms with Gasteiger partial charge in [0.1, 0.15) is 12.4 Å².